The van der Waals surface area contributed by atoms with E-state index >= 15 is 0 Å². The van der Waals surface area contributed by atoms with Crippen LogP contribution in [0.5, 0.6) is 0 Å². The zero-order valence-electron chi connectivity index (χ0n) is 18.7. The molecule has 0 N–H and O–H groups in total. The van der Waals surface area contributed by atoms with Crippen molar-refractivity contribution in [3.05, 3.63) is 102 Å². The SMILES string of the molecule is Cc1nc2ccccc2nc1N1CCN(C(=O)/C(=C\c2ccccc2)c2ccccc2)CC1. The van der Waals surface area contributed by atoms with Crippen LogP contribution < -0.4 is 4.90 Å². The number of carbonyl (C=O) groups excluding carboxylic acids is 1. The minimum Gasteiger partial charge on any atom is -0.352 e. The van der Waals surface area contributed by atoms with Crippen LogP contribution in [0.2, 0.25) is 0 Å². The summed E-state index contributed by atoms with van der Waals surface area (Å²) in [7, 11) is 0. The number of carbonyl (C=O) groups is 1. The summed E-state index contributed by atoms with van der Waals surface area (Å²) >= 11 is 0. The van der Waals surface area contributed by atoms with Crippen LogP contribution in [0.3, 0.4) is 0 Å². The number of rotatable bonds is 4. The summed E-state index contributed by atoms with van der Waals surface area (Å²) in [6.07, 6.45) is 1.99. The van der Waals surface area contributed by atoms with Gasteiger partial charge in [-0.05, 0) is 36.3 Å². The van der Waals surface area contributed by atoms with E-state index in [0.717, 1.165) is 52.3 Å². The lowest BCUT2D eigenvalue weighted by Crippen LogP contribution is -2.49. The number of para-hydroxylation sites is 2. The molecule has 0 radical (unpaired) electrons. The van der Waals surface area contributed by atoms with Crippen molar-refractivity contribution >= 4 is 34.4 Å². The molecule has 0 bridgehead atoms. The normalized spacial score (nSPS) is 14.5. The molecule has 0 unspecified atom stereocenters. The first kappa shape index (κ1) is 20.9. The van der Waals surface area contributed by atoms with E-state index < -0.39 is 0 Å². The zero-order valence-corrected chi connectivity index (χ0v) is 18.7. The molecule has 1 amide bonds. The molecule has 1 aromatic heterocycles. The van der Waals surface area contributed by atoms with Gasteiger partial charge in [-0.3, -0.25) is 4.79 Å². The molecule has 1 aliphatic rings. The number of piperazine rings is 1. The standard InChI is InChI=1S/C28H26N4O/c1-21-27(30-26-15-9-8-14-25(26)29-21)31-16-18-32(19-17-31)28(33)24(23-12-6-3-7-13-23)20-22-10-4-2-5-11-22/h2-15,20H,16-19H2,1H3/b24-20-. The molecule has 0 spiro atoms. The van der Waals surface area contributed by atoms with Crippen LogP contribution in [0.25, 0.3) is 22.7 Å². The fourth-order valence-electron chi connectivity index (χ4n) is 4.27. The minimum absolute atomic E-state index is 0.0611. The number of aryl methyl sites for hydroxylation is 1. The lowest BCUT2D eigenvalue weighted by Gasteiger charge is -2.36. The van der Waals surface area contributed by atoms with E-state index in [2.05, 4.69) is 4.90 Å². The number of anilines is 1. The van der Waals surface area contributed by atoms with Crippen molar-refractivity contribution < 1.29 is 4.79 Å². The number of amides is 1. The van der Waals surface area contributed by atoms with Crippen molar-refractivity contribution in [1.82, 2.24) is 14.9 Å². The molecule has 0 aliphatic carbocycles. The third-order valence-electron chi connectivity index (χ3n) is 6.01. The van der Waals surface area contributed by atoms with Crippen LogP contribution in [-0.2, 0) is 4.79 Å². The highest BCUT2D eigenvalue weighted by Crippen LogP contribution is 2.24. The molecule has 0 saturated carbocycles. The summed E-state index contributed by atoms with van der Waals surface area (Å²) in [6, 6.07) is 27.9. The smallest absolute Gasteiger partial charge is 0.254 e. The largest absolute Gasteiger partial charge is 0.352 e. The van der Waals surface area contributed by atoms with Crippen molar-refractivity contribution in [2.24, 2.45) is 0 Å². The quantitative estimate of drug-likeness (QED) is 0.341. The van der Waals surface area contributed by atoms with E-state index in [1.54, 1.807) is 0 Å². The highest BCUT2D eigenvalue weighted by molar-refractivity contribution is 6.24. The van der Waals surface area contributed by atoms with Crippen LogP contribution >= 0.6 is 0 Å². The van der Waals surface area contributed by atoms with Gasteiger partial charge in [0.15, 0.2) is 5.82 Å². The van der Waals surface area contributed by atoms with Crippen molar-refractivity contribution in [3.63, 3.8) is 0 Å². The Labute approximate surface area is 194 Å². The first-order chi connectivity index (χ1) is 16.2. The van der Waals surface area contributed by atoms with Gasteiger partial charge in [0, 0.05) is 31.8 Å². The van der Waals surface area contributed by atoms with Crippen molar-refractivity contribution in [3.8, 4) is 0 Å². The number of fused-ring (bicyclic) bond motifs is 1. The molecule has 3 aromatic carbocycles. The average Bonchev–Trinajstić information content (AvgIpc) is 2.88. The maximum absolute atomic E-state index is 13.6. The molecule has 164 valence electrons. The molecule has 5 heteroatoms. The predicted octanol–water partition coefficient (Wildman–Crippen LogP) is 4.83. The monoisotopic (exact) mass is 434 g/mol. The van der Waals surface area contributed by atoms with Gasteiger partial charge in [-0.15, -0.1) is 0 Å². The summed E-state index contributed by atoms with van der Waals surface area (Å²) in [5.74, 6) is 0.968. The molecule has 5 nitrogen and oxygen atoms in total. The van der Waals surface area contributed by atoms with Crippen LogP contribution in [0.4, 0.5) is 5.82 Å². The Morgan fingerprint density at radius 3 is 2.00 bits per heavy atom. The highest BCUT2D eigenvalue weighted by Gasteiger charge is 2.26. The van der Waals surface area contributed by atoms with E-state index in [4.69, 9.17) is 9.97 Å². The summed E-state index contributed by atoms with van der Waals surface area (Å²) in [5.41, 5.74) is 5.40. The number of hydrogen-bond donors (Lipinski definition) is 0. The second kappa shape index (κ2) is 9.25. The average molecular weight is 435 g/mol. The summed E-state index contributed by atoms with van der Waals surface area (Å²) in [4.78, 5) is 27.4. The molecule has 1 aliphatic heterocycles. The van der Waals surface area contributed by atoms with Crippen LogP contribution in [-0.4, -0.2) is 47.0 Å². The second-order valence-electron chi connectivity index (χ2n) is 8.24. The van der Waals surface area contributed by atoms with Crippen molar-refractivity contribution in [1.29, 1.82) is 0 Å². The molecule has 4 aromatic rings. The Morgan fingerprint density at radius 1 is 0.758 bits per heavy atom. The summed E-state index contributed by atoms with van der Waals surface area (Å²) in [5, 5.41) is 0. The van der Waals surface area contributed by atoms with E-state index in [0.29, 0.717) is 13.1 Å². The molecule has 0 atom stereocenters. The Kier molecular flexibility index (Phi) is 5.85. The fourth-order valence-corrected chi connectivity index (χ4v) is 4.27. The van der Waals surface area contributed by atoms with Gasteiger partial charge in [-0.25, -0.2) is 9.97 Å². The Bertz CT molecular complexity index is 1290. The molecule has 33 heavy (non-hydrogen) atoms. The second-order valence-corrected chi connectivity index (χ2v) is 8.24. The van der Waals surface area contributed by atoms with Crippen LogP contribution in [0.15, 0.2) is 84.9 Å². The number of hydrogen-bond acceptors (Lipinski definition) is 4. The predicted molar refractivity (Wildman–Crippen MR) is 134 cm³/mol. The lowest BCUT2D eigenvalue weighted by molar-refractivity contribution is -0.125. The van der Waals surface area contributed by atoms with Crippen molar-refractivity contribution in [2.75, 3.05) is 31.1 Å². The molecule has 1 saturated heterocycles. The first-order valence-electron chi connectivity index (χ1n) is 11.3. The van der Waals surface area contributed by atoms with Gasteiger partial charge in [-0.2, -0.15) is 0 Å². The Morgan fingerprint density at radius 2 is 1.33 bits per heavy atom. The third kappa shape index (κ3) is 4.48. The zero-order chi connectivity index (χ0) is 22.6. The van der Waals surface area contributed by atoms with E-state index in [1.807, 2.05) is 103 Å². The van der Waals surface area contributed by atoms with Crippen molar-refractivity contribution in [2.45, 2.75) is 6.92 Å². The summed E-state index contributed by atoms with van der Waals surface area (Å²) < 4.78 is 0. The topological polar surface area (TPSA) is 49.3 Å². The van der Waals surface area contributed by atoms with E-state index in [9.17, 15) is 4.79 Å². The van der Waals surface area contributed by atoms with Gasteiger partial charge in [0.1, 0.15) is 0 Å². The van der Waals surface area contributed by atoms with Gasteiger partial charge in [-0.1, -0.05) is 72.8 Å². The number of aromatic nitrogens is 2. The van der Waals surface area contributed by atoms with E-state index in [1.165, 1.54) is 0 Å². The molecule has 5 rings (SSSR count). The lowest BCUT2D eigenvalue weighted by atomic mass is 10.0. The van der Waals surface area contributed by atoms with Gasteiger partial charge in [0.25, 0.3) is 5.91 Å². The molecule has 1 fully saturated rings. The molecular formula is C28H26N4O. The Hall–Kier alpha value is -3.99. The minimum atomic E-state index is 0.0611. The number of benzene rings is 3. The molecule has 2 heterocycles. The summed E-state index contributed by atoms with van der Waals surface area (Å²) in [6.45, 7) is 4.75. The Balaban J connectivity index is 1.37. The van der Waals surface area contributed by atoms with Gasteiger partial charge >= 0.3 is 0 Å². The molecular weight excluding hydrogens is 408 g/mol. The van der Waals surface area contributed by atoms with Gasteiger partial charge < -0.3 is 9.80 Å². The fraction of sp³-hybridized carbons (Fsp3) is 0.179. The van der Waals surface area contributed by atoms with Gasteiger partial charge in [0.05, 0.1) is 16.7 Å². The van der Waals surface area contributed by atoms with E-state index in [-0.39, 0.29) is 5.91 Å². The highest BCUT2D eigenvalue weighted by atomic mass is 16.2. The van der Waals surface area contributed by atoms with Gasteiger partial charge in [0.2, 0.25) is 0 Å². The maximum atomic E-state index is 13.6. The first-order valence-corrected chi connectivity index (χ1v) is 11.3. The third-order valence-corrected chi connectivity index (χ3v) is 6.01. The number of nitrogens with zero attached hydrogens (tertiary/aromatic N) is 4. The van der Waals surface area contributed by atoms with Crippen LogP contribution in [0, 0.1) is 6.92 Å². The van der Waals surface area contributed by atoms with Crippen LogP contribution in [0.1, 0.15) is 16.8 Å². The maximum Gasteiger partial charge on any atom is 0.254 e.